The Bertz CT molecular complexity index is 415. The molecular weight excluding hydrogens is 228 g/mol. The molecule has 86 valence electrons. The molecule has 0 saturated carbocycles. The molecule has 0 aliphatic carbocycles. The second kappa shape index (κ2) is 5.12. The van der Waals surface area contributed by atoms with Gasteiger partial charge in [-0.3, -0.25) is 4.79 Å². The van der Waals surface area contributed by atoms with Crippen LogP contribution in [0.1, 0.15) is 28.4 Å². The lowest BCUT2D eigenvalue weighted by atomic mass is 10.0. The van der Waals surface area contributed by atoms with Crippen molar-refractivity contribution in [3.63, 3.8) is 0 Å². The van der Waals surface area contributed by atoms with Crippen LogP contribution in [-0.4, -0.2) is 18.4 Å². The van der Waals surface area contributed by atoms with Crippen molar-refractivity contribution in [2.45, 2.75) is 20.8 Å². The fourth-order valence-electron chi connectivity index (χ4n) is 1.26. The number of halogens is 1. The maximum atomic E-state index is 11.6. The van der Waals surface area contributed by atoms with Crippen molar-refractivity contribution in [3.8, 4) is 0 Å². The molecule has 0 amide bonds. The molecule has 0 unspecified atom stereocenters. The highest BCUT2D eigenvalue weighted by molar-refractivity contribution is 6.41. The maximum Gasteiger partial charge on any atom is 0.379 e. The van der Waals surface area contributed by atoms with Crippen LogP contribution in [0.25, 0.3) is 0 Å². The van der Waals surface area contributed by atoms with Crippen LogP contribution >= 0.6 is 11.6 Å². The Balaban J connectivity index is 3.06. The summed E-state index contributed by atoms with van der Waals surface area (Å²) in [5, 5.41) is 0.479. The summed E-state index contributed by atoms with van der Waals surface area (Å²) in [4.78, 5) is 22.9. The standard InChI is InChI=1S/C12H13ClO3/c1-4-16-12(15)11(14)9-5-7(2)8(3)10(13)6-9/h5-6H,4H2,1-3H3. The Hall–Kier alpha value is -1.35. The predicted molar refractivity (Wildman–Crippen MR) is 61.9 cm³/mol. The number of hydrogen-bond acceptors (Lipinski definition) is 3. The molecular formula is C12H13ClO3. The molecule has 0 heterocycles. The van der Waals surface area contributed by atoms with E-state index >= 15 is 0 Å². The monoisotopic (exact) mass is 240 g/mol. The third kappa shape index (κ3) is 2.61. The quantitative estimate of drug-likeness (QED) is 0.464. The number of ether oxygens (including phenoxy) is 1. The SMILES string of the molecule is CCOC(=O)C(=O)c1cc(C)c(C)c(Cl)c1. The first-order valence-corrected chi connectivity index (χ1v) is 5.33. The number of esters is 1. The number of Topliss-reactive ketones (excluding diaryl/α,β-unsaturated/α-hetero) is 1. The minimum atomic E-state index is -0.846. The summed E-state index contributed by atoms with van der Waals surface area (Å²) in [5.74, 6) is -1.51. The Kier molecular flexibility index (Phi) is 4.07. The molecule has 1 aromatic rings. The van der Waals surface area contributed by atoms with Crippen LogP contribution in [0, 0.1) is 13.8 Å². The topological polar surface area (TPSA) is 43.4 Å². The average molecular weight is 241 g/mol. The Morgan fingerprint density at radius 3 is 2.44 bits per heavy atom. The highest BCUT2D eigenvalue weighted by Gasteiger charge is 2.18. The molecule has 0 N–H and O–H groups in total. The summed E-state index contributed by atoms with van der Waals surface area (Å²) >= 11 is 5.94. The number of hydrogen-bond donors (Lipinski definition) is 0. The number of aryl methyl sites for hydroxylation is 1. The first-order chi connectivity index (χ1) is 7.47. The third-order valence-electron chi connectivity index (χ3n) is 2.33. The zero-order chi connectivity index (χ0) is 12.3. The van der Waals surface area contributed by atoms with Crippen molar-refractivity contribution in [2.24, 2.45) is 0 Å². The van der Waals surface area contributed by atoms with Gasteiger partial charge in [0.05, 0.1) is 6.61 Å². The zero-order valence-corrected chi connectivity index (χ0v) is 10.2. The molecule has 16 heavy (non-hydrogen) atoms. The Morgan fingerprint density at radius 2 is 1.94 bits per heavy atom. The zero-order valence-electron chi connectivity index (χ0n) is 9.46. The largest absolute Gasteiger partial charge is 0.460 e. The van der Waals surface area contributed by atoms with Crippen molar-refractivity contribution in [2.75, 3.05) is 6.61 Å². The van der Waals surface area contributed by atoms with E-state index in [1.807, 2.05) is 13.8 Å². The molecule has 1 aromatic carbocycles. The van der Waals surface area contributed by atoms with E-state index in [0.29, 0.717) is 5.02 Å². The van der Waals surface area contributed by atoms with Crippen LogP contribution in [0.4, 0.5) is 0 Å². The van der Waals surface area contributed by atoms with Crippen LogP contribution < -0.4 is 0 Å². The number of benzene rings is 1. The summed E-state index contributed by atoms with van der Waals surface area (Å²) in [7, 11) is 0. The van der Waals surface area contributed by atoms with Crippen LogP contribution in [0.15, 0.2) is 12.1 Å². The van der Waals surface area contributed by atoms with Gasteiger partial charge in [-0.1, -0.05) is 11.6 Å². The van der Waals surface area contributed by atoms with Gasteiger partial charge in [0, 0.05) is 10.6 Å². The van der Waals surface area contributed by atoms with Crippen LogP contribution in [-0.2, 0) is 9.53 Å². The fourth-order valence-corrected chi connectivity index (χ4v) is 1.53. The van der Waals surface area contributed by atoms with Crippen molar-refractivity contribution in [3.05, 3.63) is 33.8 Å². The molecule has 0 fully saturated rings. The minimum absolute atomic E-state index is 0.184. The van der Waals surface area contributed by atoms with Gasteiger partial charge in [-0.15, -0.1) is 0 Å². The summed E-state index contributed by atoms with van der Waals surface area (Å²) in [6, 6.07) is 3.13. The van der Waals surface area contributed by atoms with Crippen molar-refractivity contribution in [1.29, 1.82) is 0 Å². The molecule has 4 heteroatoms. The van der Waals surface area contributed by atoms with Crippen LogP contribution in [0.3, 0.4) is 0 Å². The van der Waals surface area contributed by atoms with Gasteiger partial charge in [0.25, 0.3) is 5.78 Å². The molecule has 0 aliphatic heterocycles. The number of carbonyl (C=O) groups excluding carboxylic acids is 2. The third-order valence-corrected chi connectivity index (χ3v) is 2.72. The van der Waals surface area contributed by atoms with Gasteiger partial charge in [0.15, 0.2) is 0 Å². The number of rotatable bonds is 3. The molecule has 0 radical (unpaired) electrons. The predicted octanol–water partition coefficient (Wildman–Crippen LogP) is 2.70. The van der Waals surface area contributed by atoms with E-state index in [4.69, 9.17) is 11.6 Å². The lowest BCUT2D eigenvalue weighted by Gasteiger charge is -2.06. The van der Waals surface area contributed by atoms with E-state index < -0.39 is 11.8 Å². The molecule has 0 atom stereocenters. The second-order valence-corrected chi connectivity index (χ2v) is 3.86. The van der Waals surface area contributed by atoms with Gasteiger partial charge in [0.1, 0.15) is 0 Å². The summed E-state index contributed by atoms with van der Waals surface area (Å²) in [6.07, 6.45) is 0. The molecule has 3 nitrogen and oxygen atoms in total. The fraction of sp³-hybridized carbons (Fsp3) is 0.333. The molecule has 0 bridgehead atoms. The van der Waals surface area contributed by atoms with Crippen LogP contribution in [0.2, 0.25) is 5.02 Å². The highest BCUT2D eigenvalue weighted by Crippen LogP contribution is 2.21. The second-order valence-electron chi connectivity index (χ2n) is 3.45. The summed E-state index contributed by atoms with van der Waals surface area (Å²) < 4.78 is 4.64. The van der Waals surface area contributed by atoms with E-state index in [9.17, 15) is 9.59 Å². The van der Waals surface area contributed by atoms with Gasteiger partial charge in [-0.25, -0.2) is 4.79 Å². The summed E-state index contributed by atoms with van der Waals surface area (Å²) in [5.41, 5.74) is 2.05. The molecule has 1 rings (SSSR count). The Morgan fingerprint density at radius 1 is 1.31 bits per heavy atom. The lowest BCUT2D eigenvalue weighted by Crippen LogP contribution is -2.17. The van der Waals surface area contributed by atoms with Gasteiger partial charge < -0.3 is 4.74 Å². The molecule has 0 saturated heterocycles. The van der Waals surface area contributed by atoms with E-state index in [1.165, 1.54) is 6.07 Å². The minimum Gasteiger partial charge on any atom is -0.460 e. The highest BCUT2D eigenvalue weighted by atomic mass is 35.5. The lowest BCUT2D eigenvalue weighted by molar-refractivity contribution is -0.137. The van der Waals surface area contributed by atoms with E-state index in [0.717, 1.165) is 11.1 Å². The maximum absolute atomic E-state index is 11.6. The number of ketones is 1. The smallest absolute Gasteiger partial charge is 0.379 e. The van der Waals surface area contributed by atoms with Gasteiger partial charge >= 0.3 is 5.97 Å². The first kappa shape index (κ1) is 12.7. The normalized spacial score (nSPS) is 10.0. The van der Waals surface area contributed by atoms with E-state index in [-0.39, 0.29) is 12.2 Å². The van der Waals surface area contributed by atoms with E-state index in [1.54, 1.807) is 13.0 Å². The summed E-state index contributed by atoms with van der Waals surface area (Å²) in [6.45, 7) is 5.53. The van der Waals surface area contributed by atoms with Gasteiger partial charge in [0.2, 0.25) is 0 Å². The Labute approximate surface area is 99.4 Å². The van der Waals surface area contributed by atoms with Crippen molar-refractivity contribution < 1.29 is 14.3 Å². The van der Waals surface area contributed by atoms with Crippen molar-refractivity contribution in [1.82, 2.24) is 0 Å². The molecule has 0 aromatic heterocycles. The molecule has 0 spiro atoms. The van der Waals surface area contributed by atoms with Gasteiger partial charge in [-0.05, 0) is 44.0 Å². The van der Waals surface area contributed by atoms with Crippen molar-refractivity contribution >= 4 is 23.4 Å². The van der Waals surface area contributed by atoms with E-state index in [2.05, 4.69) is 4.74 Å². The average Bonchev–Trinajstić information content (AvgIpc) is 2.24. The first-order valence-electron chi connectivity index (χ1n) is 4.95. The molecule has 0 aliphatic rings. The van der Waals surface area contributed by atoms with Crippen LogP contribution in [0.5, 0.6) is 0 Å². The van der Waals surface area contributed by atoms with Gasteiger partial charge in [-0.2, -0.15) is 0 Å². The number of carbonyl (C=O) groups is 2.